The summed E-state index contributed by atoms with van der Waals surface area (Å²) in [6.45, 7) is 6.81. The van der Waals surface area contributed by atoms with E-state index in [4.69, 9.17) is 10.5 Å². The van der Waals surface area contributed by atoms with Gasteiger partial charge in [0.1, 0.15) is 0 Å². The molecule has 1 fully saturated rings. The van der Waals surface area contributed by atoms with Gasteiger partial charge in [-0.05, 0) is 38.4 Å². The van der Waals surface area contributed by atoms with Gasteiger partial charge in [0.25, 0.3) is 0 Å². The fourth-order valence-corrected chi connectivity index (χ4v) is 2.31. The molecule has 0 bridgehead atoms. The Balaban J connectivity index is 2.15. The first kappa shape index (κ1) is 15.4. The topological polar surface area (TPSA) is 67.6 Å². The molecule has 1 aliphatic rings. The van der Waals surface area contributed by atoms with Crippen molar-refractivity contribution in [1.29, 1.82) is 0 Å². The van der Waals surface area contributed by atoms with Crippen molar-refractivity contribution in [3.8, 4) is 0 Å². The minimum atomic E-state index is -0.160. The quantitative estimate of drug-likeness (QED) is 0.683. The Hall–Kier alpha value is -0.650. The van der Waals surface area contributed by atoms with Crippen molar-refractivity contribution in [1.82, 2.24) is 10.2 Å². The number of carbonyl (C=O) groups is 1. The molecule has 1 aliphatic heterocycles. The first-order valence-electron chi connectivity index (χ1n) is 6.91. The number of amides is 1. The van der Waals surface area contributed by atoms with Gasteiger partial charge in [-0.15, -0.1) is 0 Å². The summed E-state index contributed by atoms with van der Waals surface area (Å²) >= 11 is 0. The van der Waals surface area contributed by atoms with Crippen molar-refractivity contribution in [2.75, 3.05) is 39.8 Å². The molecule has 0 aromatic rings. The highest BCUT2D eigenvalue weighted by atomic mass is 16.5. The Morgan fingerprint density at radius 2 is 2.17 bits per heavy atom. The van der Waals surface area contributed by atoms with Crippen LogP contribution in [-0.2, 0) is 9.53 Å². The third kappa shape index (κ3) is 5.33. The van der Waals surface area contributed by atoms with Crippen molar-refractivity contribution in [2.24, 2.45) is 11.7 Å². The summed E-state index contributed by atoms with van der Waals surface area (Å²) in [5.74, 6) is 0.667. The van der Waals surface area contributed by atoms with Gasteiger partial charge in [-0.25, -0.2) is 0 Å². The van der Waals surface area contributed by atoms with Gasteiger partial charge in [-0.1, -0.05) is 6.92 Å². The Kier molecular flexibility index (Phi) is 7.23. The third-order valence-corrected chi connectivity index (χ3v) is 3.75. The molecule has 5 nitrogen and oxygen atoms in total. The molecule has 0 aliphatic carbocycles. The van der Waals surface area contributed by atoms with Crippen LogP contribution < -0.4 is 11.1 Å². The fourth-order valence-electron chi connectivity index (χ4n) is 2.31. The lowest BCUT2D eigenvalue weighted by Crippen LogP contribution is -2.39. The molecule has 5 heteroatoms. The van der Waals surface area contributed by atoms with Gasteiger partial charge in [-0.3, -0.25) is 4.79 Å². The number of rotatable bonds is 7. The molecule has 1 atom stereocenters. The summed E-state index contributed by atoms with van der Waals surface area (Å²) in [7, 11) is 1.59. The van der Waals surface area contributed by atoms with E-state index in [1.165, 1.54) is 12.8 Å². The van der Waals surface area contributed by atoms with Crippen LogP contribution in [0, 0.1) is 5.92 Å². The van der Waals surface area contributed by atoms with E-state index in [0.717, 1.165) is 26.2 Å². The van der Waals surface area contributed by atoms with E-state index in [1.807, 2.05) is 0 Å². The van der Waals surface area contributed by atoms with Gasteiger partial charge < -0.3 is 20.7 Å². The van der Waals surface area contributed by atoms with Gasteiger partial charge in [0.05, 0.1) is 12.5 Å². The molecule has 0 aromatic heterocycles. The predicted octanol–water partition coefficient (Wildman–Crippen LogP) is 0.198. The fraction of sp³-hybridized carbons (Fsp3) is 0.923. The van der Waals surface area contributed by atoms with Gasteiger partial charge >= 0.3 is 0 Å². The van der Waals surface area contributed by atoms with Crippen LogP contribution in [0.5, 0.6) is 0 Å². The van der Waals surface area contributed by atoms with Gasteiger partial charge in [0, 0.05) is 20.2 Å². The number of piperidine rings is 1. The molecule has 106 valence electrons. The zero-order valence-corrected chi connectivity index (χ0v) is 11.7. The SMILES string of the molecule is CCN1CCC(CNC(=O)CC(CN)OC)CC1. The van der Waals surface area contributed by atoms with E-state index in [1.54, 1.807) is 7.11 Å². The van der Waals surface area contributed by atoms with Gasteiger partial charge in [0.15, 0.2) is 0 Å². The van der Waals surface area contributed by atoms with Gasteiger partial charge in [0.2, 0.25) is 5.91 Å². The number of carbonyl (C=O) groups excluding carboxylic acids is 1. The van der Waals surface area contributed by atoms with Crippen molar-refractivity contribution >= 4 is 5.91 Å². The van der Waals surface area contributed by atoms with E-state index in [0.29, 0.717) is 18.9 Å². The lowest BCUT2D eigenvalue weighted by atomic mass is 9.97. The zero-order valence-electron chi connectivity index (χ0n) is 11.7. The smallest absolute Gasteiger partial charge is 0.222 e. The maximum absolute atomic E-state index is 11.7. The molecule has 1 rings (SSSR count). The molecule has 3 N–H and O–H groups in total. The number of nitrogens with zero attached hydrogens (tertiary/aromatic N) is 1. The van der Waals surface area contributed by atoms with Crippen LogP contribution >= 0.6 is 0 Å². The molecule has 1 heterocycles. The van der Waals surface area contributed by atoms with Crippen LogP contribution in [0.15, 0.2) is 0 Å². The maximum atomic E-state index is 11.7. The lowest BCUT2D eigenvalue weighted by molar-refractivity contribution is -0.123. The monoisotopic (exact) mass is 257 g/mol. The van der Waals surface area contributed by atoms with E-state index >= 15 is 0 Å². The summed E-state index contributed by atoms with van der Waals surface area (Å²) in [4.78, 5) is 14.1. The Morgan fingerprint density at radius 1 is 1.50 bits per heavy atom. The second-order valence-corrected chi connectivity index (χ2v) is 4.98. The highest BCUT2D eigenvalue weighted by molar-refractivity contribution is 5.76. The number of nitrogens with two attached hydrogens (primary N) is 1. The predicted molar refractivity (Wildman–Crippen MR) is 72.3 cm³/mol. The first-order valence-corrected chi connectivity index (χ1v) is 6.91. The summed E-state index contributed by atoms with van der Waals surface area (Å²) in [5, 5.41) is 2.99. The van der Waals surface area contributed by atoms with Crippen LogP contribution in [-0.4, -0.2) is 56.7 Å². The van der Waals surface area contributed by atoms with E-state index in [2.05, 4.69) is 17.1 Å². The molecule has 1 saturated heterocycles. The summed E-state index contributed by atoms with van der Waals surface area (Å²) in [6, 6.07) is 0. The van der Waals surface area contributed by atoms with Crippen LogP contribution in [0.2, 0.25) is 0 Å². The Bertz CT molecular complexity index is 236. The molecular weight excluding hydrogens is 230 g/mol. The third-order valence-electron chi connectivity index (χ3n) is 3.75. The molecule has 1 amide bonds. The van der Waals surface area contributed by atoms with Crippen molar-refractivity contribution < 1.29 is 9.53 Å². The molecule has 0 aromatic carbocycles. The lowest BCUT2D eigenvalue weighted by Gasteiger charge is -2.31. The second-order valence-electron chi connectivity index (χ2n) is 4.98. The Labute approximate surface area is 110 Å². The summed E-state index contributed by atoms with van der Waals surface area (Å²) < 4.78 is 5.10. The second kappa shape index (κ2) is 8.45. The highest BCUT2D eigenvalue weighted by Gasteiger charge is 2.19. The Morgan fingerprint density at radius 3 is 2.67 bits per heavy atom. The standard InChI is InChI=1S/C13H27N3O2/c1-3-16-6-4-11(5-7-16)10-15-13(17)8-12(9-14)18-2/h11-12H,3-10,14H2,1-2H3,(H,15,17). The largest absolute Gasteiger partial charge is 0.380 e. The number of likely N-dealkylation sites (tertiary alicyclic amines) is 1. The maximum Gasteiger partial charge on any atom is 0.222 e. The molecule has 0 saturated carbocycles. The average Bonchev–Trinajstić information content (AvgIpc) is 2.43. The van der Waals surface area contributed by atoms with Crippen LogP contribution in [0.3, 0.4) is 0 Å². The molecular formula is C13H27N3O2. The van der Waals surface area contributed by atoms with Gasteiger partial charge in [-0.2, -0.15) is 0 Å². The van der Waals surface area contributed by atoms with Crippen molar-refractivity contribution in [3.05, 3.63) is 0 Å². The van der Waals surface area contributed by atoms with E-state index in [9.17, 15) is 4.79 Å². The number of methoxy groups -OCH3 is 1. The van der Waals surface area contributed by atoms with Crippen LogP contribution in [0.25, 0.3) is 0 Å². The number of hydrogen-bond acceptors (Lipinski definition) is 4. The first-order chi connectivity index (χ1) is 8.69. The zero-order chi connectivity index (χ0) is 13.4. The summed E-state index contributed by atoms with van der Waals surface area (Å²) in [6.07, 6.45) is 2.56. The molecule has 18 heavy (non-hydrogen) atoms. The van der Waals surface area contributed by atoms with Crippen LogP contribution in [0.4, 0.5) is 0 Å². The number of hydrogen-bond donors (Lipinski definition) is 2. The minimum absolute atomic E-state index is 0.0465. The minimum Gasteiger partial charge on any atom is -0.380 e. The highest BCUT2D eigenvalue weighted by Crippen LogP contribution is 2.15. The summed E-state index contributed by atoms with van der Waals surface area (Å²) in [5.41, 5.74) is 5.49. The molecule has 1 unspecified atom stereocenters. The molecule has 0 radical (unpaired) electrons. The molecule has 0 spiro atoms. The van der Waals surface area contributed by atoms with Crippen molar-refractivity contribution in [3.63, 3.8) is 0 Å². The van der Waals surface area contributed by atoms with E-state index < -0.39 is 0 Å². The number of nitrogens with one attached hydrogen (secondary N) is 1. The number of ether oxygens (including phenoxy) is 1. The van der Waals surface area contributed by atoms with Crippen molar-refractivity contribution in [2.45, 2.75) is 32.3 Å². The normalized spacial score (nSPS) is 19.7. The van der Waals surface area contributed by atoms with E-state index in [-0.39, 0.29) is 12.0 Å². The van der Waals surface area contributed by atoms with Crippen LogP contribution in [0.1, 0.15) is 26.2 Å². The average molecular weight is 257 g/mol.